The number of benzene rings is 1. The molecule has 1 aromatic rings. The molecule has 5 heteroatoms. The Morgan fingerprint density at radius 2 is 2.04 bits per heavy atom. The van der Waals surface area contributed by atoms with Crippen LogP contribution in [-0.4, -0.2) is 29.8 Å². The minimum absolute atomic E-state index is 0.00721. The summed E-state index contributed by atoms with van der Waals surface area (Å²) in [5, 5.41) is 11.8. The van der Waals surface area contributed by atoms with Gasteiger partial charge >= 0.3 is 0 Å². The van der Waals surface area contributed by atoms with E-state index < -0.39 is 0 Å². The molecule has 0 aliphatic carbocycles. The highest BCUT2D eigenvalue weighted by Crippen LogP contribution is 2.19. The molecule has 0 saturated carbocycles. The lowest BCUT2D eigenvalue weighted by atomic mass is 9.95. The van der Waals surface area contributed by atoms with Gasteiger partial charge in [0.05, 0.1) is 11.6 Å². The number of hydrogen-bond donors (Lipinski definition) is 1. The van der Waals surface area contributed by atoms with Gasteiger partial charge in [0.1, 0.15) is 0 Å². The summed E-state index contributed by atoms with van der Waals surface area (Å²) in [7, 11) is 0. The zero-order valence-corrected chi connectivity index (χ0v) is 13.7. The molecular weight excluding hydrogens is 290 g/mol. The van der Waals surface area contributed by atoms with Crippen LogP contribution in [0.4, 0.5) is 0 Å². The zero-order valence-electron chi connectivity index (χ0n) is 13.7. The number of amides is 2. The quantitative estimate of drug-likeness (QED) is 0.925. The van der Waals surface area contributed by atoms with E-state index in [1.165, 1.54) is 0 Å². The Balaban J connectivity index is 1.81. The highest BCUT2D eigenvalue weighted by atomic mass is 16.2. The van der Waals surface area contributed by atoms with E-state index in [-0.39, 0.29) is 23.7 Å². The number of hydrogen-bond acceptors (Lipinski definition) is 3. The van der Waals surface area contributed by atoms with Crippen LogP contribution >= 0.6 is 0 Å². The van der Waals surface area contributed by atoms with Gasteiger partial charge in [-0.05, 0) is 30.5 Å². The van der Waals surface area contributed by atoms with Crippen molar-refractivity contribution in [2.45, 2.75) is 33.2 Å². The van der Waals surface area contributed by atoms with Gasteiger partial charge in [-0.25, -0.2) is 0 Å². The molecule has 0 bridgehead atoms. The van der Waals surface area contributed by atoms with E-state index >= 15 is 0 Å². The predicted molar refractivity (Wildman–Crippen MR) is 87.1 cm³/mol. The first-order valence-electron chi connectivity index (χ1n) is 8.06. The van der Waals surface area contributed by atoms with Crippen LogP contribution < -0.4 is 5.32 Å². The number of carbonyl (C=O) groups is 2. The molecule has 0 radical (unpaired) electrons. The molecule has 2 rings (SSSR count). The standard InChI is InChI=1S/C18H23N3O2/c1-13(2)18(23)21-8-6-16(7-9-21)17(22)20-12-15-5-3-4-14(10-15)11-19/h3-5,10,13,16H,6-9,12H2,1-2H3,(H,20,22). The fraction of sp³-hybridized carbons (Fsp3) is 0.500. The fourth-order valence-electron chi connectivity index (χ4n) is 2.81. The van der Waals surface area contributed by atoms with Crippen molar-refractivity contribution in [1.82, 2.24) is 10.2 Å². The maximum absolute atomic E-state index is 12.3. The molecule has 122 valence electrons. The van der Waals surface area contributed by atoms with Crippen molar-refractivity contribution in [3.05, 3.63) is 35.4 Å². The molecule has 1 saturated heterocycles. The summed E-state index contributed by atoms with van der Waals surface area (Å²) in [6.45, 7) is 5.53. The summed E-state index contributed by atoms with van der Waals surface area (Å²) in [4.78, 5) is 26.1. The minimum Gasteiger partial charge on any atom is -0.352 e. The van der Waals surface area contributed by atoms with Crippen molar-refractivity contribution in [2.24, 2.45) is 11.8 Å². The molecule has 1 aliphatic heterocycles. The van der Waals surface area contributed by atoms with Crippen LogP contribution in [0.1, 0.15) is 37.8 Å². The van der Waals surface area contributed by atoms with Gasteiger partial charge in [-0.1, -0.05) is 26.0 Å². The Hall–Kier alpha value is -2.35. The average Bonchev–Trinajstić information content (AvgIpc) is 2.59. The normalized spacial score (nSPS) is 15.3. The van der Waals surface area contributed by atoms with E-state index in [4.69, 9.17) is 5.26 Å². The Kier molecular flexibility index (Phi) is 5.75. The highest BCUT2D eigenvalue weighted by Gasteiger charge is 2.27. The lowest BCUT2D eigenvalue weighted by Crippen LogP contribution is -2.44. The van der Waals surface area contributed by atoms with Gasteiger partial charge in [-0.2, -0.15) is 5.26 Å². The molecule has 2 amide bonds. The summed E-state index contributed by atoms with van der Waals surface area (Å²) >= 11 is 0. The smallest absolute Gasteiger partial charge is 0.225 e. The van der Waals surface area contributed by atoms with Crippen molar-refractivity contribution in [1.29, 1.82) is 5.26 Å². The van der Waals surface area contributed by atoms with Crippen molar-refractivity contribution in [3.63, 3.8) is 0 Å². The van der Waals surface area contributed by atoms with Gasteiger partial charge in [-0.3, -0.25) is 9.59 Å². The maximum Gasteiger partial charge on any atom is 0.225 e. The molecule has 0 aromatic heterocycles. The number of rotatable bonds is 4. The van der Waals surface area contributed by atoms with Gasteiger partial charge in [0.2, 0.25) is 11.8 Å². The third-order valence-corrected chi connectivity index (χ3v) is 4.19. The summed E-state index contributed by atoms with van der Waals surface area (Å²) in [6, 6.07) is 9.33. The molecule has 1 aliphatic rings. The SMILES string of the molecule is CC(C)C(=O)N1CCC(C(=O)NCc2cccc(C#N)c2)CC1. The Morgan fingerprint density at radius 1 is 1.35 bits per heavy atom. The van der Waals surface area contributed by atoms with E-state index in [0.29, 0.717) is 38.0 Å². The van der Waals surface area contributed by atoms with E-state index in [2.05, 4.69) is 11.4 Å². The van der Waals surface area contributed by atoms with Gasteiger partial charge in [-0.15, -0.1) is 0 Å². The molecule has 5 nitrogen and oxygen atoms in total. The molecule has 1 fully saturated rings. The third-order valence-electron chi connectivity index (χ3n) is 4.19. The van der Waals surface area contributed by atoms with Gasteiger partial charge < -0.3 is 10.2 Å². The number of nitrogens with one attached hydrogen (secondary N) is 1. The van der Waals surface area contributed by atoms with Crippen LogP contribution in [-0.2, 0) is 16.1 Å². The van der Waals surface area contributed by atoms with Gasteiger partial charge in [0.15, 0.2) is 0 Å². The molecule has 23 heavy (non-hydrogen) atoms. The number of likely N-dealkylation sites (tertiary alicyclic amines) is 1. The lowest BCUT2D eigenvalue weighted by molar-refractivity contribution is -0.138. The molecule has 0 spiro atoms. The number of carbonyl (C=O) groups excluding carboxylic acids is 2. The van der Waals surface area contributed by atoms with Crippen LogP contribution in [0.2, 0.25) is 0 Å². The fourth-order valence-corrected chi connectivity index (χ4v) is 2.81. The van der Waals surface area contributed by atoms with Gasteiger partial charge in [0, 0.05) is 31.5 Å². The monoisotopic (exact) mass is 313 g/mol. The second-order valence-corrected chi connectivity index (χ2v) is 6.28. The van der Waals surface area contributed by atoms with Crippen molar-refractivity contribution < 1.29 is 9.59 Å². The lowest BCUT2D eigenvalue weighted by Gasteiger charge is -2.32. The van der Waals surface area contributed by atoms with Crippen LogP contribution in [0.5, 0.6) is 0 Å². The Morgan fingerprint density at radius 3 is 2.65 bits per heavy atom. The molecule has 1 heterocycles. The molecule has 0 atom stereocenters. The van der Waals surface area contributed by atoms with Gasteiger partial charge in [0.25, 0.3) is 0 Å². The molecule has 0 unspecified atom stereocenters. The van der Waals surface area contributed by atoms with E-state index in [1.807, 2.05) is 30.9 Å². The maximum atomic E-state index is 12.3. The Labute approximate surface area is 137 Å². The number of piperidine rings is 1. The number of nitrogens with zero attached hydrogens (tertiary/aromatic N) is 2. The summed E-state index contributed by atoms with van der Waals surface area (Å²) < 4.78 is 0. The highest BCUT2D eigenvalue weighted by molar-refractivity contribution is 5.80. The second kappa shape index (κ2) is 7.77. The zero-order chi connectivity index (χ0) is 16.8. The second-order valence-electron chi connectivity index (χ2n) is 6.28. The van der Waals surface area contributed by atoms with Crippen molar-refractivity contribution >= 4 is 11.8 Å². The average molecular weight is 313 g/mol. The number of nitriles is 1. The van der Waals surface area contributed by atoms with E-state index in [9.17, 15) is 9.59 Å². The molecule has 1 aromatic carbocycles. The predicted octanol–water partition coefficient (Wildman–Crippen LogP) is 2.07. The van der Waals surface area contributed by atoms with Crippen molar-refractivity contribution in [3.8, 4) is 6.07 Å². The van der Waals surface area contributed by atoms with Crippen LogP contribution in [0, 0.1) is 23.2 Å². The molecular formula is C18H23N3O2. The van der Waals surface area contributed by atoms with E-state index in [0.717, 1.165) is 5.56 Å². The van der Waals surface area contributed by atoms with Crippen molar-refractivity contribution in [2.75, 3.05) is 13.1 Å². The summed E-state index contributed by atoms with van der Waals surface area (Å²) in [5.41, 5.74) is 1.52. The summed E-state index contributed by atoms with van der Waals surface area (Å²) in [5.74, 6) is 0.166. The minimum atomic E-state index is -0.0367. The van der Waals surface area contributed by atoms with Crippen LogP contribution in [0.3, 0.4) is 0 Å². The Bertz CT molecular complexity index is 611. The topological polar surface area (TPSA) is 73.2 Å². The van der Waals surface area contributed by atoms with Crippen LogP contribution in [0.15, 0.2) is 24.3 Å². The molecule has 1 N–H and O–H groups in total. The van der Waals surface area contributed by atoms with Crippen LogP contribution in [0.25, 0.3) is 0 Å². The van der Waals surface area contributed by atoms with E-state index in [1.54, 1.807) is 12.1 Å². The summed E-state index contributed by atoms with van der Waals surface area (Å²) in [6.07, 6.45) is 1.42. The first-order valence-corrected chi connectivity index (χ1v) is 8.06. The first kappa shape index (κ1) is 17.0. The largest absolute Gasteiger partial charge is 0.352 e. The third kappa shape index (κ3) is 4.56. The first-order chi connectivity index (χ1) is 11.0.